The summed E-state index contributed by atoms with van der Waals surface area (Å²) in [5.41, 5.74) is 2.71. The zero-order valence-electron chi connectivity index (χ0n) is 13.4. The van der Waals surface area contributed by atoms with Crippen molar-refractivity contribution in [3.05, 3.63) is 34.6 Å². The van der Waals surface area contributed by atoms with Crippen LogP contribution in [0.2, 0.25) is 0 Å². The molecule has 0 saturated carbocycles. The van der Waals surface area contributed by atoms with E-state index in [2.05, 4.69) is 19.2 Å². The zero-order chi connectivity index (χ0) is 15.1. The van der Waals surface area contributed by atoms with Crippen molar-refractivity contribution in [2.24, 2.45) is 0 Å². The maximum atomic E-state index is 14.4. The highest BCUT2D eigenvalue weighted by atomic mass is 19.1. The van der Waals surface area contributed by atoms with E-state index in [0.717, 1.165) is 42.5 Å². The van der Waals surface area contributed by atoms with Crippen LogP contribution in [0.1, 0.15) is 55.8 Å². The van der Waals surface area contributed by atoms with Gasteiger partial charge in [-0.1, -0.05) is 26.3 Å². The fourth-order valence-corrected chi connectivity index (χ4v) is 2.75. The van der Waals surface area contributed by atoms with Crippen LogP contribution in [0.5, 0.6) is 0 Å². The Morgan fingerprint density at radius 1 is 1.20 bits per heavy atom. The predicted molar refractivity (Wildman–Crippen MR) is 82.6 cm³/mol. The Kier molecular flexibility index (Phi) is 7.17. The van der Waals surface area contributed by atoms with E-state index in [1.807, 2.05) is 19.9 Å². The van der Waals surface area contributed by atoms with Gasteiger partial charge in [0.05, 0.1) is 12.1 Å². The number of rotatable bonds is 8. The average Bonchev–Trinajstić information content (AvgIpc) is 2.39. The minimum absolute atomic E-state index is 0.00227. The topological polar surface area (TPSA) is 21.3 Å². The molecule has 0 aliphatic rings. The third kappa shape index (κ3) is 4.29. The fraction of sp³-hybridized carbons (Fsp3) is 0.647. The van der Waals surface area contributed by atoms with E-state index in [4.69, 9.17) is 4.74 Å². The molecule has 0 fully saturated rings. The molecule has 1 aromatic carbocycles. The van der Waals surface area contributed by atoms with Gasteiger partial charge in [-0.3, -0.25) is 0 Å². The van der Waals surface area contributed by atoms with Crippen LogP contribution in [-0.4, -0.2) is 19.8 Å². The zero-order valence-corrected chi connectivity index (χ0v) is 13.4. The van der Waals surface area contributed by atoms with Gasteiger partial charge in [-0.05, 0) is 50.4 Å². The molecule has 0 saturated heterocycles. The second-order valence-corrected chi connectivity index (χ2v) is 5.47. The number of ether oxygens (including phenoxy) is 1. The lowest BCUT2D eigenvalue weighted by atomic mass is 9.92. The standard InChI is InChI=1S/C17H28FNO/c1-6-8-15(20-5)17(19-9-7-2)16-13(4)10-12(3)11-14(16)18/h10-11,15,17,19H,6-9H2,1-5H3. The number of hydrogen-bond acceptors (Lipinski definition) is 2. The summed E-state index contributed by atoms with van der Waals surface area (Å²) in [7, 11) is 1.71. The Balaban J connectivity index is 3.15. The van der Waals surface area contributed by atoms with Crippen LogP contribution >= 0.6 is 0 Å². The summed E-state index contributed by atoms with van der Waals surface area (Å²) < 4.78 is 20.0. The first kappa shape index (κ1) is 17.1. The monoisotopic (exact) mass is 281 g/mol. The molecule has 2 nitrogen and oxygen atoms in total. The Bertz CT molecular complexity index is 396. The summed E-state index contributed by atoms with van der Waals surface area (Å²) in [6.07, 6.45) is 2.97. The molecule has 0 radical (unpaired) electrons. The Morgan fingerprint density at radius 3 is 2.40 bits per heavy atom. The molecule has 0 spiro atoms. The first-order valence-corrected chi connectivity index (χ1v) is 7.57. The van der Waals surface area contributed by atoms with Gasteiger partial charge in [0.2, 0.25) is 0 Å². The van der Waals surface area contributed by atoms with Crippen LogP contribution in [-0.2, 0) is 4.74 Å². The quantitative estimate of drug-likeness (QED) is 0.767. The van der Waals surface area contributed by atoms with E-state index in [1.54, 1.807) is 13.2 Å². The molecule has 2 atom stereocenters. The number of halogens is 1. The average molecular weight is 281 g/mol. The Labute approximate surface area is 122 Å². The summed E-state index contributed by atoms with van der Waals surface area (Å²) in [5, 5.41) is 3.46. The van der Waals surface area contributed by atoms with Crippen molar-refractivity contribution in [2.75, 3.05) is 13.7 Å². The first-order chi connectivity index (χ1) is 9.54. The highest BCUT2D eigenvalue weighted by Crippen LogP contribution is 2.28. The smallest absolute Gasteiger partial charge is 0.128 e. The maximum absolute atomic E-state index is 14.4. The molecule has 0 heterocycles. The highest BCUT2D eigenvalue weighted by molar-refractivity contribution is 5.35. The van der Waals surface area contributed by atoms with Crippen LogP contribution in [0.25, 0.3) is 0 Å². The van der Waals surface area contributed by atoms with Crippen LogP contribution in [0.3, 0.4) is 0 Å². The molecule has 0 aliphatic heterocycles. The van der Waals surface area contributed by atoms with E-state index in [9.17, 15) is 4.39 Å². The van der Waals surface area contributed by atoms with Gasteiger partial charge in [0.15, 0.2) is 0 Å². The van der Waals surface area contributed by atoms with Crippen LogP contribution in [0, 0.1) is 19.7 Å². The number of aryl methyl sites for hydroxylation is 2. The van der Waals surface area contributed by atoms with Crippen molar-refractivity contribution in [1.29, 1.82) is 0 Å². The van der Waals surface area contributed by atoms with Gasteiger partial charge < -0.3 is 10.1 Å². The lowest BCUT2D eigenvalue weighted by Crippen LogP contribution is -2.35. The van der Waals surface area contributed by atoms with Gasteiger partial charge in [0.1, 0.15) is 5.82 Å². The van der Waals surface area contributed by atoms with Gasteiger partial charge in [-0.2, -0.15) is 0 Å². The first-order valence-electron chi connectivity index (χ1n) is 7.57. The molecular formula is C17H28FNO. The third-order valence-corrected chi connectivity index (χ3v) is 3.65. The Morgan fingerprint density at radius 2 is 1.90 bits per heavy atom. The van der Waals surface area contributed by atoms with Gasteiger partial charge in [-0.15, -0.1) is 0 Å². The van der Waals surface area contributed by atoms with Crippen molar-refractivity contribution < 1.29 is 9.13 Å². The summed E-state index contributed by atoms with van der Waals surface area (Å²) in [6, 6.07) is 3.57. The van der Waals surface area contributed by atoms with Gasteiger partial charge in [0.25, 0.3) is 0 Å². The van der Waals surface area contributed by atoms with E-state index in [0.29, 0.717) is 0 Å². The third-order valence-electron chi connectivity index (χ3n) is 3.65. The van der Waals surface area contributed by atoms with Gasteiger partial charge in [0, 0.05) is 12.7 Å². The molecule has 0 aliphatic carbocycles. The lowest BCUT2D eigenvalue weighted by Gasteiger charge is -2.29. The van der Waals surface area contributed by atoms with Crippen LogP contribution in [0.15, 0.2) is 12.1 Å². The summed E-state index contributed by atoms with van der Waals surface area (Å²) in [6.45, 7) is 9.01. The molecule has 114 valence electrons. The number of benzene rings is 1. The van der Waals surface area contributed by atoms with E-state index in [-0.39, 0.29) is 18.0 Å². The van der Waals surface area contributed by atoms with Crippen molar-refractivity contribution in [3.8, 4) is 0 Å². The number of nitrogens with one attached hydrogen (secondary N) is 1. The normalized spacial score (nSPS) is 14.3. The molecule has 0 aromatic heterocycles. The fourth-order valence-electron chi connectivity index (χ4n) is 2.75. The van der Waals surface area contributed by atoms with Gasteiger partial charge >= 0.3 is 0 Å². The number of hydrogen-bond donors (Lipinski definition) is 1. The van der Waals surface area contributed by atoms with Crippen molar-refractivity contribution in [2.45, 2.75) is 59.1 Å². The van der Waals surface area contributed by atoms with Crippen LogP contribution < -0.4 is 5.32 Å². The molecule has 3 heteroatoms. The maximum Gasteiger partial charge on any atom is 0.128 e. The molecule has 1 N–H and O–H groups in total. The van der Waals surface area contributed by atoms with Crippen LogP contribution in [0.4, 0.5) is 4.39 Å². The predicted octanol–water partition coefficient (Wildman–Crippen LogP) is 4.30. The minimum Gasteiger partial charge on any atom is -0.379 e. The minimum atomic E-state index is -0.130. The van der Waals surface area contributed by atoms with Gasteiger partial charge in [-0.25, -0.2) is 4.39 Å². The molecule has 1 aromatic rings. The molecule has 0 amide bonds. The Hall–Kier alpha value is -0.930. The summed E-state index contributed by atoms with van der Waals surface area (Å²) in [4.78, 5) is 0. The largest absolute Gasteiger partial charge is 0.379 e. The SMILES string of the molecule is CCCNC(c1c(C)cc(C)cc1F)C(CCC)OC. The van der Waals surface area contributed by atoms with E-state index >= 15 is 0 Å². The van der Waals surface area contributed by atoms with E-state index < -0.39 is 0 Å². The highest BCUT2D eigenvalue weighted by Gasteiger charge is 2.26. The molecular weight excluding hydrogens is 253 g/mol. The number of methoxy groups -OCH3 is 1. The molecule has 20 heavy (non-hydrogen) atoms. The second-order valence-electron chi connectivity index (χ2n) is 5.47. The molecule has 0 bridgehead atoms. The summed E-state index contributed by atoms with van der Waals surface area (Å²) >= 11 is 0. The lowest BCUT2D eigenvalue weighted by molar-refractivity contribution is 0.0592. The van der Waals surface area contributed by atoms with E-state index in [1.165, 1.54) is 0 Å². The van der Waals surface area contributed by atoms with Crippen molar-refractivity contribution in [3.63, 3.8) is 0 Å². The molecule has 2 unspecified atom stereocenters. The van der Waals surface area contributed by atoms with Crippen molar-refractivity contribution in [1.82, 2.24) is 5.32 Å². The molecule has 1 rings (SSSR count). The summed E-state index contributed by atoms with van der Waals surface area (Å²) in [5.74, 6) is -0.130. The van der Waals surface area contributed by atoms with Crippen molar-refractivity contribution >= 4 is 0 Å². The second kappa shape index (κ2) is 8.38.